The summed E-state index contributed by atoms with van der Waals surface area (Å²) in [7, 11) is 0. The summed E-state index contributed by atoms with van der Waals surface area (Å²) in [6.45, 7) is 2.44. The van der Waals surface area contributed by atoms with Crippen LogP contribution in [0.5, 0.6) is 0 Å². The zero-order valence-corrected chi connectivity index (χ0v) is 15.1. The molecule has 1 atom stereocenters. The van der Waals surface area contributed by atoms with Crippen LogP contribution in [0.3, 0.4) is 0 Å². The van der Waals surface area contributed by atoms with Crippen LogP contribution in [-0.2, 0) is 6.42 Å². The lowest BCUT2D eigenvalue weighted by molar-refractivity contribution is 0.0601. The predicted molar refractivity (Wildman–Crippen MR) is 97.8 cm³/mol. The van der Waals surface area contributed by atoms with Crippen LogP contribution in [0.25, 0.3) is 0 Å². The first kappa shape index (κ1) is 17.4. The topological polar surface area (TPSA) is 77.0 Å². The Hall–Kier alpha value is -2.39. The molecule has 0 aromatic carbocycles. The van der Waals surface area contributed by atoms with E-state index in [1.165, 1.54) is 10.9 Å². The summed E-state index contributed by atoms with van der Waals surface area (Å²) >= 11 is 1.75. The lowest BCUT2D eigenvalue weighted by atomic mass is 9.96. The third-order valence-corrected chi connectivity index (χ3v) is 5.72. The molecule has 1 amide bonds. The highest BCUT2D eigenvalue weighted by Crippen LogP contribution is 2.25. The van der Waals surface area contributed by atoms with Gasteiger partial charge in [-0.1, -0.05) is 6.07 Å². The summed E-state index contributed by atoms with van der Waals surface area (Å²) in [4.78, 5) is 30.7. The van der Waals surface area contributed by atoms with Crippen LogP contribution < -0.4 is 5.56 Å². The number of nitriles is 1. The number of nitrogens with one attached hydrogen (secondary N) is 1. The lowest BCUT2D eigenvalue weighted by Gasteiger charge is -2.36. The second-order valence-electron chi connectivity index (χ2n) is 6.43. The van der Waals surface area contributed by atoms with Crippen LogP contribution in [0, 0.1) is 18.3 Å². The Morgan fingerprint density at radius 3 is 3.04 bits per heavy atom. The largest absolute Gasteiger partial charge is 0.336 e. The predicted octanol–water partition coefficient (Wildman–Crippen LogP) is 3.24. The van der Waals surface area contributed by atoms with Gasteiger partial charge in [-0.3, -0.25) is 9.59 Å². The molecule has 1 saturated heterocycles. The van der Waals surface area contributed by atoms with Gasteiger partial charge < -0.3 is 9.88 Å². The third kappa shape index (κ3) is 3.83. The van der Waals surface area contributed by atoms with Gasteiger partial charge in [0.05, 0.1) is 5.56 Å². The number of pyridine rings is 1. The smallest absolute Gasteiger partial charge is 0.266 e. The first-order valence-electron chi connectivity index (χ1n) is 8.57. The van der Waals surface area contributed by atoms with Crippen LogP contribution in [0.2, 0.25) is 0 Å². The zero-order chi connectivity index (χ0) is 17.8. The molecular formula is C19H21N3O2S. The number of hydrogen-bond donors (Lipinski definition) is 1. The number of carbonyl (C=O) groups excluding carboxylic acids is 1. The van der Waals surface area contributed by atoms with E-state index in [0.717, 1.165) is 38.6 Å². The summed E-state index contributed by atoms with van der Waals surface area (Å²) in [6.07, 6.45) is 5.05. The number of nitrogens with zero attached hydrogens (tertiary/aromatic N) is 2. The molecule has 2 aromatic heterocycles. The van der Waals surface area contributed by atoms with Gasteiger partial charge in [0.15, 0.2) is 0 Å². The second kappa shape index (κ2) is 7.66. The Kier molecular flexibility index (Phi) is 5.34. The SMILES string of the molecule is Cc1[nH]c(=O)c(C#N)cc1C(=O)N1CCCCC1CCc1cccs1. The van der Waals surface area contributed by atoms with Crippen LogP contribution >= 0.6 is 11.3 Å². The van der Waals surface area contributed by atoms with Crippen molar-refractivity contribution in [1.29, 1.82) is 5.26 Å². The molecule has 0 spiro atoms. The molecule has 0 radical (unpaired) electrons. The fraction of sp³-hybridized carbons (Fsp3) is 0.421. The Bertz CT molecular complexity index is 849. The molecule has 3 heterocycles. The normalized spacial score (nSPS) is 17.3. The van der Waals surface area contributed by atoms with Crippen molar-refractivity contribution in [2.75, 3.05) is 6.54 Å². The molecule has 130 valence electrons. The Morgan fingerprint density at radius 2 is 2.32 bits per heavy atom. The van der Waals surface area contributed by atoms with Crippen molar-refractivity contribution in [3.05, 3.63) is 55.6 Å². The Balaban J connectivity index is 1.81. The second-order valence-corrected chi connectivity index (χ2v) is 7.46. The van der Waals surface area contributed by atoms with Crippen molar-refractivity contribution < 1.29 is 4.79 Å². The van der Waals surface area contributed by atoms with Gasteiger partial charge in [0.2, 0.25) is 0 Å². The van der Waals surface area contributed by atoms with Crippen molar-refractivity contribution in [3.8, 4) is 6.07 Å². The highest BCUT2D eigenvalue weighted by Gasteiger charge is 2.28. The highest BCUT2D eigenvalue weighted by atomic mass is 32.1. The number of thiophene rings is 1. The van der Waals surface area contributed by atoms with Crippen LogP contribution in [0.4, 0.5) is 0 Å². The van der Waals surface area contributed by atoms with E-state index < -0.39 is 5.56 Å². The van der Waals surface area contributed by atoms with Crippen LogP contribution in [0.1, 0.15) is 52.2 Å². The van der Waals surface area contributed by atoms with Crippen molar-refractivity contribution >= 4 is 17.2 Å². The number of likely N-dealkylation sites (tertiary alicyclic amines) is 1. The number of hydrogen-bond acceptors (Lipinski definition) is 4. The van der Waals surface area contributed by atoms with Gasteiger partial charge in [-0.25, -0.2) is 0 Å². The van der Waals surface area contributed by atoms with Gasteiger partial charge in [0.25, 0.3) is 11.5 Å². The van der Waals surface area contributed by atoms with E-state index >= 15 is 0 Å². The van der Waals surface area contributed by atoms with E-state index in [9.17, 15) is 9.59 Å². The Labute approximate surface area is 150 Å². The van der Waals surface area contributed by atoms with Crippen molar-refractivity contribution in [2.45, 2.75) is 45.1 Å². The summed E-state index contributed by atoms with van der Waals surface area (Å²) in [5.41, 5.74) is 0.501. The fourth-order valence-electron chi connectivity index (χ4n) is 3.41. The van der Waals surface area contributed by atoms with Crippen molar-refractivity contribution in [2.24, 2.45) is 0 Å². The number of carbonyl (C=O) groups is 1. The molecule has 3 rings (SSSR count). The maximum absolute atomic E-state index is 13.1. The molecule has 5 nitrogen and oxygen atoms in total. The lowest BCUT2D eigenvalue weighted by Crippen LogP contribution is -2.44. The number of H-pyrrole nitrogens is 1. The molecular weight excluding hydrogens is 334 g/mol. The molecule has 1 aliphatic heterocycles. The van der Waals surface area contributed by atoms with E-state index in [2.05, 4.69) is 22.5 Å². The summed E-state index contributed by atoms with van der Waals surface area (Å²) in [5, 5.41) is 11.1. The highest BCUT2D eigenvalue weighted by molar-refractivity contribution is 7.09. The van der Waals surface area contributed by atoms with Crippen LogP contribution in [0.15, 0.2) is 28.4 Å². The number of aromatic nitrogens is 1. The minimum atomic E-state index is -0.440. The van der Waals surface area contributed by atoms with E-state index in [1.54, 1.807) is 18.3 Å². The van der Waals surface area contributed by atoms with Crippen molar-refractivity contribution in [1.82, 2.24) is 9.88 Å². The maximum atomic E-state index is 13.1. The molecule has 1 fully saturated rings. The molecule has 0 aliphatic carbocycles. The number of piperidine rings is 1. The average molecular weight is 355 g/mol. The molecule has 1 unspecified atom stereocenters. The number of aryl methyl sites for hydroxylation is 2. The van der Waals surface area contributed by atoms with Gasteiger partial charge >= 0.3 is 0 Å². The zero-order valence-electron chi connectivity index (χ0n) is 14.2. The summed E-state index contributed by atoms with van der Waals surface area (Å²) < 4.78 is 0. The minimum absolute atomic E-state index is 0.0129. The fourth-order valence-corrected chi connectivity index (χ4v) is 4.14. The maximum Gasteiger partial charge on any atom is 0.266 e. The van der Waals surface area contributed by atoms with E-state index in [4.69, 9.17) is 5.26 Å². The Morgan fingerprint density at radius 1 is 1.48 bits per heavy atom. The van der Waals surface area contributed by atoms with Gasteiger partial charge in [0.1, 0.15) is 11.6 Å². The molecule has 0 bridgehead atoms. The first-order chi connectivity index (χ1) is 12.1. The number of amides is 1. The molecule has 1 aliphatic rings. The average Bonchev–Trinajstić information content (AvgIpc) is 3.13. The minimum Gasteiger partial charge on any atom is -0.336 e. The van der Waals surface area contributed by atoms with Gasteiger partial charge in [-0.2, -0.15) is 5.26 Å². The molecule has 25 heavy (non-hydrogen) atoms. The van der Waals surface area contributed by atoms with Crippen LogP contribution in [-0.4, -0.2) is 28.4 Å². The monoisotopic (exact) mass is 355 g/mol. The molecule has 2 aromatic rings. The summed E-state index contributed by atoms with van der Waals surface area (Å²) in [5.74, 6) is -0.0823. The quantitative estimate of drug-likeness (QED) is 0.914. The number of aromatic amines is 1. The molecule has 1 N–H and O–H groups in total. The van der Waals surface area contributed by atoms with Gasteiger partial charge in [-0.15, -0.1) is 11.3 Å². The standard InChI is InChI=1S/C19H21N3O2S/c1-13-17(11-14(12-20)18(23)21-13)19(24)22-9-3-2-5-15(22)7-8-16-6-4-10-25-16/h4,6,10-11,15H,2-3,5,7-9H2,1H3,(H,21,23). The molecule has 6 heteroatoms. The third-order valence-electron chi connectivity index (χ3n) is 4.78. The van der Waals surface area contributed by atoms with E-state index in [1.807, 2.05) is 11.0 Å². The van der Waals surface area contributed by atoms with E-state index in [-0.39, 0.29) is 17.5 Å². The van der Waals surface area contributed by atoms with E-state index in [0.29, 0.717) is 11.3 Å². The molecule has 0 saturated carbocycles. The first-order valence-corrected chi connectivity index (χ1v) is 9.45. The van der Waals surface area contributed by atoms with Crippen molar-refractivity contribution in [3.63, 3.8) is 0 Å². The van der Waals surface area contributed by atoms with Gasteiger partial charge in [-0.05, 0) is 56.5 Å². The van der Waals surface area contributed by atoms with Gasteiger partial charge in [0, 0.05) is 23.2 Å². The summed E-state index contributed by atoms with van der Waals surface area (Å²) in [6, 6.07) is 7.69. The number of rotatable bonds is 4.